The second-order valence-electron chi connectivity index (χ2n) is 0. The van der Waals surface area contributed by atoms with Crippen molar-refractivity contribution in [2.24, 2.45) is 0 Å². The van der Waals surface area contributed by atoms with Gasteiger partial charge in [0.05, 0.1) is 0 Å². The average Bonchev–Trinajstić information content (AvgIpc) is 0. The van der Waals surface area contributed by atoms with Crippen molar-refractivity contribution in [2.45, 2.75) is 0 Å². The molecule has 0 heterocycles. The molecule has 0 rings (SSSR count). The van der Waals surface area contributed by atoms with Gasteiger partial charge in [-0.2, -0.15) is 13.5 Å². The minimum absolute atomic E-state index is 0. The van der Waals surface area contributed by atoms with E-state index in [9.17, 15) is 0 Å². The van der Waals surface area contributed by atoms with Gasteiger partial charge in [-0.1, -0.05) is 0 Å². The summed E-state index contributed by atoms with van der Waals surface area (Å²) in [6, 6.07) is 0. The second kappa shape index (κ2) is 15.8. The van der Waals surface area contributed by atoms with Gasteiger partial charge in [-0.3, -0.25) is 0 Å². The van der Waals surface area contributed by atoms with Crippen molar-refractivity contribution in [3.05, 3.63) is 0 Å². The quantitative estimate of drug-likeness (QED) is 0.331. The molecule has 0 saturated carbocycles. The van der Waals surface area contributed by atoms with Gasteiger partial charge in [-0.25, -0.2) is 0 Å². The molecular weight excluding hydrogens is 117 g/mol. The number of hydrogen-bond acceptors (Lipinski definition) is 0. The Morgan fingerprint density at radius 2 is 0.750 bits per heavy atom. The molecule has 0 spiro atoms. The van der Waals surface area contributed by atoms with E-state index < -0.39 is 0 Å². The molecule has 0 nitrogen and oxygen atoms in total. The molecule has 0 aliphatic carbocycles. The first-order valence-corrected chi connectivity index (χ1v) is 0. The van der Waals surface area contributed by atoms with Gasteiger partial charge in [0.1, 0.15) is 0 Å². The van der Waals surface area contributed by atoms with Crippen LogP contribution in [0, 0.1) is 0 Å². The van der Waals surface area contributed by atoms with E-state index in [2.05, 4.69) is 0 Å². The van der Waals surface area contributed by atoms with Gasteiger partial charge in [0.25, 0.3) is 0 Å². The van der Waals surface area contributed by atoms with Gasteiger partial charge in [0, 0.05) is 0 Å². The van der Waals surface area contributed by atoms with Crippen LogP contribution >= 0.6 is 13.5 Å². The Bertz CT molecular complexity index is 6.00. The Labute approximate surface area is 120 Å². The van der Waals surface area contributed by atoms with Crippen molar-refractivity contribution < 1.29 is 0 Å². The summed E-state index contributed by atoms with van der Waals surface area (Å²) < 4.78 is 0. The zero-order valence-corrected chi connectivity index (χ0v) is 1.50. The molecular formula is H5KNa2S. The van der Waals surface area contributed by atoms with Crippen molar-refractivity contribution in [3.63, 3.8) is 0 Å². The van der Waals surface area contributed by atoms with Crippen LogP contribution < -0.4 is 0 Å². The van der Waals surface area contributed by atoms with E-state index in [1.54, 1.807) is 0 Å². The molecule has 0 aliphatic rings. The summed E-state index contributed by atoms with van der Waals surface area (Å²) >= 11 is 0. The summed E-state index contributed by atoms with van der Waals surface area (Å²) in [5.74, 6) is 0. The van der Waals surface area contributed by atoms with Crippen LogP contribution in [0.2, 0.25) is 0 Å². The molecule has 0 aromatic rings. The van der Waals surface area contributed by atoms with Crippen molar-refractivity contribution in [2.75, 3.05) is 0 Å². The van der Waals surface area contributed by atoms with E-state index in [0.29, 0.717) is 0 Å². The fraction of sp³-hybridized carbons (Fsp3) is 0. The predicted molar refractivity (Wildman–Crippen MR) is 31.8 cm³/mol. The molecule has 0 bridgehead atoms. The zero-order chi connectivity index (χ0) is 0. The van der Waals surface area contributed by atoms with E-state index >= 15 is 0 Å². The summed E-state index contributed by atoms with van der Waals surface area (Å²) in [4.78, 5) is 0. The molecule has 4 heteroatoms. The van der Waals surface area contributed by atoms with Crippen LogP contribution in [0.4, 0.5) is 0 Å². The van der Waals surface area contributed by atoms with Crippen LogP contribution in [0.3, 0.4) is 0 Å². The molecule has 4 heavy (non-hydrogen) atoms. The fourth-order valence-corrected chi connectivity index (χ4v) is 0. The molecule has 0 radical (unpaired) electrons. The first-order chi connectivity index (χ1) is 0. The normalized spacial score (nSPS) is 0. The third-order valence-corrected chi connectivity index (χ3v) is 0. The van der Waals surface area contributed by atoms with Gasteiger partial charge in [-0.05, 0) is 0 Å². The minimum atomic E-state index is 0. The zero-order valence-electron chi connectivity index (χ0n) is 0.500. The first-order valence-electron chi connectivity index (χ1n) is 0. The molecule has 0 aromatic carbocycles. The molecule has 0 aromatic heterocycles. The summed E-state index contributed by atoms with van der Waals surface area (Å²) in [5.41, 5.74) is 0. The van der Waals surface area contributed by atoms with Crippen molar-refractivity contribution in [3.8, 4) is 0 Å². The van der Waals surface area contributed by atoms with Crippen LogP contribution in [0.15, 0.2) is 0 Å². The van der Waals surface area contributed by atoms with Crippen molar-refractivity contribution in [1.29, 1.82) is 0 Å². The second-order valence-corrected chi connectivity index (χ2v) is 0. The van der Waals surface area contributed by atoms with Crippen LogP contribution in [-0.2, 0) is 0 Å². The topological polar surface area (TPSA) is 0 Å². The number of rotatable bonds is 0. The molecule has 14 valence electrons. The Hall–Kier alpha value is 3.99. The van der Waals surface area contributed by atoms with E-state index in [4.69, 9.17) is 0 Å². The van der Waals surface area contributed by atoms with Gasteiger partial charge < -0.3 is 0 Å². The Balaban J connectivity index is 0. The Morgan fingerprint density at radius 1 is 0.750 bits per heavy atom. The summed E-state index contributed by atoms with van der Waals surface area (Å²) in [7, 11) is 0. The SMILES string of the molecule is S.[KH].[NaH].[NaH]. The molecule has 0 atom stereocenters. The average molecular weight is 122 g/mol. The maximum atomic E-state index is 0. The standard InChI is InChI=1S/K.2Na.H2S.3H/h;;;1H2;;;. The monoisotopic (exact) mass is 122 g/mol. The van der Waals surface area contributed by atoms with E-state index in [1.807, 2.05) is 0 Å². The third kappa shape index (κ3) is 9.37. The molecule has 0 aliphatic heterocycles. The van der Waals surface area contributed by atoms with Crippen LogP contribution in [-0.4, -0.2) is 110 Å². The summed E-state index contributed by atoms with van der Waals surface area (Å²) in [6.45, 7) is 0. The molecule has 0 amide bonds. The molecule has 0 N–H and O–H groups in total. The van der Waals surface area contributed by atoms with Gasteiger partial charge in [0.15, 0.2) is 0 Å². The van der Waals surface area contributed by atoms with E-state index in [0.717, 1.165) is 0 Å². The first kappa shape index (κ1) is 24.5. The third-order valence-electron chi connectivity index (χ3n) is 0. The molecule has 0 fully saturated rings. The van der Waals surface area contributed by atoms with Gasteiger partial charge >= 0.3 is 110 Å². The van der Waals surface area contributed by atoms with Crippen molar-refractivity contribution in [1.82, 2.24) is 0 Å². The Kier molecular flexibility index (Phi) is 96.6. The summed E-state index contributed by atoms with van der Waals surface area (Å²) in [6.07, 6.45) is 0. The van der Waals surface area contributed by atoms with Crippen LogP contribution in [0.25, 0.3) is 0 Å². The molecule has 0 unspecified atom stereocenters. The van der Waals surface area contributed by atoms with Gasteiger partial charge in [0.2, 0.25) is 0 Å². The van der Waals surface area contributed by atoms with E-state index in [1.165, 1.54) is 0 Å². The summed E-state index contributed by atoms with van der Waals surface area (Å²) in [5, 5.41) is 0. The van der Waals surface area contributed by atoms with E-state index in [-0.39, 0.29) is 124 Å². The molecule has 0 saturated heterocycles. The van der Waals surface area contributed by atoms with Crippen LogP contribution in [0.1, 0.15) is 0 Å². The Morgan fingerprint density at radius 3 is 0.750 bits per heavy atom. The van der Waals surface area contributed by atoms with Crippen LogP contribution in [0.5, 0.6) is 0 Å². The van der Waals surface area contributed by atoms with Crippen molar-refractivity contribution >= 4 is 124 Å². The fourth-order valence-electron chi connectivity index (χ4n) is 0. The number of hydrogen-bond donors (Lipinski definition) is 0. The predicted octanol–water partition coefficient (Wildman–Crippen LogP) is -1.83. The maximum absolute atomic E-state index is 0. The van der Waals surface area contributed by atoms with Gasteiger partial charge in [-0.15, -0.1) is 0 Å².